The molecule has 4 nitrogen and oxygen atoms in total. The highest BCUT2D eigenvalue weighted by Crippen LogP contribution is 2.34. The third kappa shape index (κ3) is 3.15. The lowest BCUT2D eigenvalue weighted by molar-refractivity contribution is -0.0553. The van der Waals surface area contributed by atoms with Gasteiger partial charge in [0.1, 0.15) is 0 Å². The summed E-state index contributed by atoms with van der Waals surface area (Å²) in [5.74, 6) is 1.78. The number of ether oxygens (including phenoxy) is 1. The van der Waals surface area contributed by atoms with E-state index in [1.54, 1.807) is 0 Å². The number of carbonyl (C=O) groups excluding carboxylic acids is 1. The second-order valence-corrected chi connectivity index (χ2v) is 7.24. The fourth-order valence-corrected chi connectivity index (χ4v) is 4.32. The van der Waals surface area contributed by atoms with Crippen LogP contribution in [0.5, 0.6) is 0 Å². The average Bonchev–Trinajstić information content (AvgIpc) is 2.61. The van der Waals surface area contributed by atoms with Crippen LogP contribution in [-0.2, 0) is 4.74 Å². The summed E-state index contributed by atoms with van der Waals surface area (Å²) in [6.07, 6.45) is 3.55. The summed E-state index contributed by atoms with van der Waals surface area (Å²) >= 11 is 0. The van der Waals surface area contributed by atoms with Crippen molar-refractivity contribution in [2.45, 2.75) is 25.3 Å². The third-order valence-electron chi connectivity index (χ3n) is 5.80. The molecule has 2 atom stereocenters. The minimum absolute atomic E-state index is 0.196. The van der Waals surface area contributed by atoms with Crippen LogP contribution in [0.15, 0.2) is 30.3 Å². The quantitative estimate of drug-likeness (QED) is 0.858. The van der Waals surface area contributed by atoms with Crippen molar-refractivity contribution in [3.8, 4) is 0 Å². The summed E-state index contributed by atoms with van der Waals surface area (Å²) in [6, 6.07) is 10.3. The minimum atomic E-state index is 0.196. The molecular formula is C19H26N2O2. The Kier molecular flexibility index (Phi) is 4.36. The van der Waals surface area contributed by atoms with E-state index in [0.29, 0.717) is 6.04 Å². The first-order chi connectivity index (χ1) is 11.3. The number of piperidine rings is 1. The maximum Gasteiger partial charge on any atom is 0.253 e. The van der Waals surface area contributed by atoms with Gasteiger partial charge in [0.15, 0.2) is 0 Å². The molecule has 0 unspecified atom stereocenters. The Balaban J connectivity index is 1.35. The number of amides is 1. The summed E-state index contributed by atoms with van der Waals surface area (Å²) in [4.78, 5) is 17.3. The molecule has 4 rings (SSSR count). The van der Waals surface area contributed by atoms with Gasteiger partial charge >= 0.3 is 0 Å². The molecule has 3 saturated heterocycles. The fourth-order valence-electron chi connectivity index (χ4n) is 4.32. The number of likely N-dealkylation sites (tertiary alicyclic amines) is 2. The van der Waals surface area contributed by atoms with Gasteiger partial charge in [-0.3, -0.25) is 9.69 Å². The van der Waals surface area contributed by atoms with Gasteiger partial charge in [0, 0.05) is 51.0 Å². The van der Waals surface area contributed by atoms with Gasteiger partial charge in [0.2, 0.25) is 0 Å². The Morgan fingerprint density at radius 2 is 1.87 bits per heavy atom. The van der Waals surface area contributed by atoms with Gasteiger partial charge in [-0.1, -0.05) is 18.2 Å². The zero-order chi connectivity index (χ0) is 15.6. The largest absolute Gasteiger partial charge is 0.381 e. The molecule has 0 N–H and O–H groups in total. The van der Waals surface area contributed by atoms with Crippen molar-refractivity contribution >= 4 is 5.91 Å². The summed E-state index contributed by atoms with van der Waals surface area (Å²) in [5.41, 5.74) is 0.821. The van der Waals surface area contributed by atoms with Crippen LogP contribution < -0.4 is 0 Å². The van der Waals surface area contributed by atoms with Crippen molar-refractivity contribution in [2.75, 3.05) is 39.4 Å². The molecule has 3 aliphatic heterocycles. The van der Waals surface area contributed by atoms with Crippen LogP contribution in [0.1, 0.15) is 29.6 Å². The molecular weight excluding hydrogens is 288 g/mol. The van der Waals surface area contributed by atoms with E-state index in [4.69, 9.17) is 4.74 Å². The molecule has 0 aromatic heterocycles. The molecule has 0 saturated carbocycles. The number of benzene rings is 1. The Morgan fingerprint density at radius 1 is 1.09 bits per heavy atom. The first-order valence-corrected chi connectivity index (χ1v) is 8.97. The lowest BCUT2D eigenvalue weighted by Crippen LogP contribution is -2.65. The van der Waals surface area contributed by atoms with Crippen molar-refractivity contribution in [1.29, 1.82) is 0 Å². The SMILES string of the molecule is O=C(c1ccccc1)N1CC[C@@H]2CN(CC3CCOCC3)[C@@H]2C1. The van der Waals surface area contributed by atoms with Crippen LogP contribution in [0, 0.1) is 11.8 Å². The minimum Gasteiger partial charge on any atom is -0.381 e. The summed E-state index contributed by atoms with van der Waals surface area (Å²) < 4.78 is 5.47. The Morgan fingerprint density at radius 3 is 2.65 bits per heavy atom. The van der Waals surface area contributed by atoms with Crippen molar-refractivity contribution in [3.63, 3.8) is 0 Å². The van der Waals surface area contributed by atoms with Gasteiger partial charge in [0.05, 0.1) is 0 Å². The number of carbonyl (C=O) groups is 1. The first kappa shape index (κ1) is 15.2. The van der Waals surface area contributed by atoms with Crippen molar-refractivity contribution in [1.82, 2.24) is 9.80 Å². The Labute approximate surface area is 138 Å². The van der Waals surface area contributed by atoms with E-state index in [1.165, 1.54) is 25.9 Å². The molecule has 23 heavy (non-hydrogen) atoms. The van der Waals surface area contributed by atoms with E-state index in [-0.39, 0.29) is 5.91 Å². The summed E-state index contributed by atoms with van der Waals surface area (Å²) in [6.45, 7) is 6.09. The Bertz CT molecular complexity index is 542. The molecule has 0 bridgehead atoms. The van der Waals surface area contributed by atoms with Gasteiger partial charge in [-0.25, -0.2) is 0 Å². The van der Waals surface area contributed by atoms with E-state index in [0.717, 1.165) is 50.1 Å². The standard InChI is InChI=1S/C19H26N2O2/c22-19(16-4-2-1-3-5-16)20-9-6-17-13-21(18(17)14-20)12-15-7-10-23-11-8-15/h1-5,15,17-18H,6-14H2/t17-,18-/m1/s1. The third-order valence-corrected chi connectivity index (χ3v) is 5.80. The lowest BCUT2D eigenvalue weighted by atomic mass is 9.81. The van der Waals surface area contributed by atoms with E-state index in [9.17, 15) is 4.79 Å². The molecule has 3 fully saturated rings. The van der Waals surface area contributed by atoms with Crippen LogP contribution in [0.4, 0.5) is 0 Å². The number of rotatable bonds is 3. The van der Waals surface area contributed by atoms with E-state index < -0.39 is 0 Å². The molecule has 3 heterocycles. The molecule has 0 radical (unpaired) electrons. The maximum absolute atomic E-state index is 12.7. The second kappa shape index (κ2) is 6.62. The molecule has 3 aliphatic rings. The van der Waals surface area contributed by atoms with Crippen LogP contribution >= 0.6 is 0 Å². The zero-order valence-electron chi connectivity index (χ0n) is 13.7. The predicted octanol–water partition coefficient (Wildman–Crippen LogP) is 2.26. The zero-order valence-corrected chi connectivity index (χ0v) is 13.7. The van der Waals surface area contributed by atoms with Gasteiger partial charge in [-0.15, -0.1) is 0 Å². The summed E-state index contributed by atoms with van der Waals surface area (Å²) in [5, 5.41) is 0. The normalized spacial score (nSPS) is 29.0. The van der Waals surface area contributed by atoms with Crippen LogP contribution in [0.25, 0.3) is 0 Å². The van der Waals surface area contributed by atoms with Crippen molar-refractivity contribution in [3.05, 3.63) is 35.9 Å². The maximum atomic E-state index is 12.7. The van der Waals surface area contributed by atoms with E-state index in [2.05, 4.69) is 9.80 Å². The van der Waals surface area contributed by atoms with E-state index >= 15 is 0 Å². The number of hydrogen-bond acceptors (Lipinski definition) is 3. The van der Waals surface area contributed by atoms with Gasteiger partial charge < -0.3 is 9.64 Å². The molecule has 0 spiro atoms. The first-order valence-electron chi connectivity index (χ1n) is 8.97. The monoisotopic (exact) mass is 314 g/mol. The van der Waals surface area contributed by atoms with Crippen LogP contribution in [0.2, 0.25) is 0 Å². The van der Waals surface area contributed by atoms with Crippen LogP contribution in [0.3, 0.4) is 0 Å². The van der Waals surface area contributed by atoms with Gasteiger partial charge in [0.25, 0.3) is 5.91 Å². The van der Waals surface area contributed by atoms with Gasteiger partial charge in [-0.05, 0) is 43.2 Å². The number of fused-ring (bicyclic) bond motifs is 1. The number of hydrogen-bond donors (Lipinski definition) is 0. The molecule has 1 aromatic rings. The van der Waals surface area contributed by atoms with Crippen LogP contribution in [-0.4, -0.2) is 61.1 Å². The van der Waals surface area contributed by atoms with Crippen molar-refractivity contribution in [2.24, 2.45) is 11.8 Å². The predicted molar refractivity (Wildman–Crippen MR) is 89.4 cm³/mol. The van der Waals surface area contributed by atoms with Gasteiger partial charge in [-0.2, -0.15) is 0 Å². The smallest absolute Gasteiger partial charge is 0.253 e. The summed E-state index contributed by atoms with van der Waals surface area (Å²) in [7, 11) is 0. The second-order valence-electron chi connectivity index (χ2n) is 7.24. The highest BCUT2D eigenvalue weighted by molar-refractivity contribution is 5.94. The fraction of sp³-hybridized carbons (Fsp3) is 0.632. The molecule has 4 heteroatoms. The number of nitrogens with zero attached hydrogens (tertiary/aromatic N) is 2. The molecule has 1 aromatic carbocycles. The Hall–Kier alpha value is -1.39. The van der Waals surface area contributed by atoms with E-state index in [1.807, 2.05) is 30.3 Å². The molecule has 1 amide bonds. The highest BCUT2D eigenvalue weighted by Gasteiger charge is 2.44. The highest BCUT2D eigenvalue weighted by atomic mass is 16.5. The average molecular weight is 314 g/mol. The molecule has 0 aliphatic carbocycles. The lowest BCUT2D eigenvalue weighted by Gasteiger charge is -2.54. The molecule has 124 valence electrons. The topological polar surface area (TPSA) is 32.8 Å². The van der Waals surface area contributed by atoms with Crippen molar-refractivity contribution < 1.29 is 9.53 Å².